The number of nitrogens with zero attached hydrogens (tertiary/aromatic N) is 5. The van der Waals surface area contributed by atoms with E-state index in [-0.39, 0.29) is 29.7 Å². The van der Waals surface area contributed by atoms with Gasteiger partial charge in [-0.3, -0.25) is 18.7 Å². The molecule has 0 saturated carbocycles. The van der Waals surface area contributed by atoms with Crippen LogP contribution in [-0.4, -0.2) is 78.1 Å². The Balaban J connectivity index is 1.34. The number of aryl methyl sites for hydroxylation is 1. The zero-order chi connectivity index (χ0) is 24.3. The highest BCUT2D eigenvalue weighted by Gasteiger charge is 2.50. The Morgan fingerprint density at radius 1 is 1.21 bits per heavy atom. The van der Waals surface area contributed by atoms with Crippen molar-refractivity contribution in [1.82, 2.24) is 28.9 Å². The second-order valence-corrected chi connectivity index (χ2v) is 10.4. The van der Waals surface area contributed by atoms with Crippen LogP contribution in [0.1, 0.15) is 51.5 Å². The molecule has 186 valence electrons. The smallest absolute Gasteiger partial charge is 0.332 e. The minimum atomic E-state index is -1.16. The molecule has 5 rings (SSSR count). The van der Waals surface area contributed by atoms with Crippen LogP contribution >= 0.6 is 0 Å². The third-order valence-electron chi connectivity index (χ3n) is 8.05. The number of piperidine rings is 2. The van der Waals surface area contributed by atoms with E-state index < -0.39 is 28.5 Å². The van der Waals surface area contributed by atoms with E-state index in [1.54, 1.807) is 18.5 Å². The van der Waals surface area contributed by atoms with Gasteiger partial charge in [-0.05, 0) is 39.2 Å². The van der Waals surface area contributed by atoms with Crippen molar-refractivity contribution in [1.29, 1.82) is 0 Å². The van der Waals surface area contributed by atoms with E-state index in [1.165, 1.54) is 17.9 Å². The van der Waals surface area contributed by atoms with Crippen molar-refractivity contribution < 1.29 is 14.6 Å². The van der Waals surface area contributed by atoms with E-state index in [1.807, 2.05) is 4.90 Å². The molecule has 3 fully saturated rings. The van der Waals surface area contributed by atoms with Gasteiger partial charge in [0.25, 0.3) is 5.56 Å². The van der Waals surface area contributed by atoms with E-state index in [2.05, 4.69) is 10.3 Å². The van der Waals surface area contributed by atoms with Crippen LogP contribution < -0.4 is 16.6 Å². The fourth-order valence-corrected chi connectivity index (χ4v) is 5.98. The maximum absolute atomic E-state index is 12.9. The molecule has 11 heteroatoms. The topological polar surface area (TPSA) is 124 Å². The first-order valence-corrected chi connectivity index (χ1v) is 12.1. The number of hydrogen-bond acceptors (Lipinski definition) is 7. The van der Waals surface area contributed by atoms with E-state index in [4.69, 9.17) is 4.74 Å². The molecule has 0 aromatic carbocycles. The van der Waals surface area contributed by atoms with Gasteiger partial charge in [0.1, 0.15) is 0 Å². The predicted molar refractivity (Wildman–Crippen MR) is 125 cm³/mol. The van der Waals surface area contributed by atoms with Crippen molar-refractivity contribution in [2.45, 2.75) is 68.7 Å². The van der Waals surface area contributed by atoms with Gasteiger partial charge in [0.2, 0.25) is 5.91 Å². The van der Waals surface area contributed by atoms with Gasteiger partial charge in [0.05, 0.1) is 36.2 Å². The first-order chi connectivity index (χ1) is 16.1. The number of aliphatic hydroxyl groups is 1. The Kier molecular flexibility index (Phi) is 5.69. The molecule has 2 N–H and O–H groups in total. The summed E-state index contributed by atoms with van der Waals surface area (Å²) < 4.78 is 10.4. The molecule has 3 aliphatic heterocycles. The average Bonchev–Trinajstić information content (AvgIpc) is 3.26. The van der Waals surface area contributed by atoms with Gasteiger partial charge < -0.3 is 24.6 Å². The van der Waals surface area contributed by atoms with Crippen molar-refractivity contribution >= 4 is 17.1 Å². The lowest BCUT2D eigenvalue weighted by molar-refractivity contribution is -0.197. The molecule has 2 aromatic heterocycles. The maximum Gasteiger partial charge on any atom is 0.332 e. The van der Waals surface area contributed by atoms with Gasteiger partial charge in [-0.1, -0.05) is 6.42 Å². The van der Waals surface area contributed by atoms with Gasteiger partial charge in [-0.2, -0.15) is 0 Å². The minimum Gasteiger partial charge on any atom is -0.388 e. The van der Waals surface area contributed by atoms with Crippen LogP contribution in [0.2, 0.25) is 0 Å². The van der Waals surface area contributed by atoms with Gasteiger partial charge >= 0.3 is 5.69 Å². The molecule has 0 radical (unpaired) electrons. The Morgan fingerprint density at radius 2 is 1.94 bits per heavy atom. The molecule has 0 unspecified atom stereocenters. The van der Waals surface area contributed by atoms with Crippen LogP contribution in [-0.2, 0) is 23.6 Å². The summed E-state index contributed by atoms with van der Waals surface area (Å²) in [7, 11) is 3.01. The minimum absolute atomic E-state index is 0.0874. The molecule has 1 spiro atoms. The molecule has 0 bridgehead atoms. The Morgan fingerprint density at radius 3 is 2.59 bits per heavy atom. The van der Waals surface area contributed by atoms with Crippen LogP contribution in [0.4, 0.5) is 0 Å². The molecule has 5 heterocycles. The lowest BCUT2D eigenvalue weighted by atomic mass is 9.75. The quantitative estimate of drug-likeness (QED) is 0.610. The second-order valence-electron chi connectivity index (χ2n) is 10.4. The molecule has 3 atom stereocenters. The molecule has 3 saturated heterocycles. The van der Waals surface area contributed by atoms with Gasteiger partial charge in [-0.25, -0.2) is 9.78 Å². The Bertz CT molecular complexity index is 1210. The highest BCUT2D eigenvalue weighted by atomic mass is 16.5. The lowest BCUT2D eigenvalue weighted by Crippen LogP contribution is -2.59. The SMILES string of the molecule is Cn1c(=O)c2c(ncn2[C@@H]2COC3(CCN(C(=O)[C@@H]4CCCCN4)CC3)C[C@@]2(C)O)n(C)c1=O. The van der Waals surface area contributed by atoms with Gasteiger partial charge in [-0.15, -0.1) is 0 Å². The third-order valence-corrected chi connectivity index (χ3v) is 8.05. The number of aromatic nitrogens is 4. The van der Waals surface area contributed by atoms with Crippen LogP contribution in [0.3, 0.4) is 0 Å². The van der Waals surface area contributed by atoms with Gasteiger partial charge in [0, 0.05) is 33.6 Å². The fourth-order valence-electron chi connectivity index (χ4n) is 5.98. The molecule has 2 aromatic rings. The number of imidazole rings is 1. The molecular weight excluding hydrogens is 440 g/mol. The number of carbonyl (C=O) groups is 1. The summed E-state index contributed by atoms with van der Waals surface area (Å²) in [5, 5.41) is 14.9. The molecule has 3 aliphatic rings. The number of fused-ring (bicyclic) bond motifs is 1. The molecule has 0 aliphatic carbocycles. The highest BCUT2D eigenvalue weighted by Crippen LogP contribution is 2.44. The monoisotopic (exact) mass is 474 g/mol. The normalized spacial score (nSPS) is 29.6. The number of hydrogen-bond donors (Lipinski definition) is 2. The summed E-state index contributed by atoms with van der Waals surface area (Å²) in [5.41, 5.74) is -2.01. The predicted octanol–water partition coefficient (Wildman–Crippen LogP) is -0.351. The number of carbonyl (C=O) groups excluding carboxylic acids is 1. The molecular formula is C23H34N6O5. The van der Waals surface area contributed by atoms with Crippen molar-refractivity contribution in [2.24, 2.45) is 14.1 Å². The van der Waals surface area contributed by atoms with Crippen LogP contribution in [0.25, 0.3) is 11.2 Å². The molecule has 1 amide bonds. The van der Waals surface area contributed by atoms with E-state index >= 15 is 0 Å². The zero-order valence-electron chi connectivity index (χ0n) is 20.1. The van der Waals surface area contributed by atoms with Gasteiger partial charge in [0.15, 0.2) is 11.2 Å². The van der Waals surface area contributed by atoms with E-state index in [9.17, 15) is 19.5 Å². The Labute approximate surface area is 197 Å². The summed E-state index contributed by atoms with van der Waals surface area (Å²) in [6.07, 6.45) is 6.30. The standard InChI is InChI=1S/C23H34N6O5/c1-22(33)13-23(7-10-28(11-8-23)19(30)15-6-4-5-9-24-15)34-12-16(22)29-14-25-18-17(29)20(31)27(3)21(32)26(18)2/h14-16,24,33H,4-13H2,1-3H3/t15-,16+,22+/m0/s1. The summed E-state index contributed by atoms with van der Waals surface area (Å²) >= 11 is 0. The second kappa shape index (κ2) is 8.31. The van der Waals surface area contributed by atoms with Crippen molar-refractivity contribution in [3.63, 3.8) is 0 Å². The maximum atomic E-state index is 12.9. The number of amides is 1. The largest absolute Gasteiger partial charge is 0.388 e. The fraction of sp³-hybridized carbons (Fsp3) is 0.739. The van der Waals surface area contributed by atoms with Crippen LogP contribution in [0.5, 0.6) is 0 Å². The van der Waals surface area contributed by atoms with Crippen LogP contribution in [0, 0.1) is 0 Å². The van der Waals surface area contributed by atoms with Crippen LogP contribution in [0.15, 0.2) is 15.9 Å². The molecule has 11 nitrogen and oxygen atoms in total. The number of nitrogens with one attached hydrogen (secondary N) is 1. The summed E-state index contributed by atoms with van der Waals surface area (Å²) in [6.45, 7) is 4.08. The highest BCUT2D eigenvalue weighted by molar-refractivity contribution is 5.82. The van der Waals surface area contributed by atoms with E-state index in [0.29, 0.717) is 32.4 Å². The van der Waals surface area contributed by atoms with Crippen molar-refractivity contribution in [3.8, 4) is 0 Å². The lowest BCUT2D eigenvalue weighted by Gasteiger charge is -2.51. The average molecular weight is 475 g/mol. The third kappa shape index (κ3) is 3.70. The summed E-state index contributed by atoms with van der Waals surface area (Å²) in [5.74, 6) is 0.168. The first-order valence-electron chi connectivity index (χ1n) is 12.1. The first kappa shape index (κ1) is 23.3. The number of ether oxygens (including phenoxy) is 1. The number of rotatable bonds is 2. The number of likely N-dealkylation sites (tertiary alicyclic amines) is 1. The Hall–Kier alpha value is -2.50. The zero-order valence-corrected chi connectivity index (χ0v) is 20.1. The summed E-state index contributed by atoms with van der Waals surface area (Å²) in [4.78, 5) is 44.3. The van der Waals surface area contributed by atoms with Crippen molar-refractivity contribution in [3.05, 3.63) is 27.2 Å². The van der Waals surface area contributed by atoms with Crippen molar-refractivity contribution in [2.75, 3.05) is 26.2 Å². The van der Waals surface area contributed by atoms with E-state index in [0.717, 1.165) is 30.4 Å². The molecule has 34 heavy (non-hydrogen) atoms. The summed E-state index contributed by atoms with van der Waals surface area (Å²) in [6, 6.07) is -0.616.